The molecule has 1 aromatic heterocycles. The number of alkyl halides is 2. The van der Waals surface area contributed by atoms with E-state index in [1.54, 1.807) is 6.07 Å². The van der Waals surface area contributed by atoms with Gasteiger partial charge in [0.2, 0.25) is 0 Å². The second-order valence-corrected chi connectivity index (χ2v) is 6.03. The fourth-order valence-corrected chi connectivity index (χ4v) is 3.13. The molecule has 1 fully saturated rings. The van der Waals surface area contributed by atoms with Crippen LogP contribution in [0.2, 0.25) is 0 Å². The highest BCUT2D eigenvalue weighted by Crippen LogP contribution is 2.33. The van der Waals surface area contributed by atoms with Gasteiger partial charge in [-0.2, -0.15) is 14.0 Å². The van der Waals surface area contributed by atoms with Gasteiger partial charge >= 0.3 is 12.6 Å². The second-order valence-electron chi connectivity index (χ2n) is 6.03. The summed E-state index contributed by atoms with van der Waals surface area (Å²) >= 11 is 0. The van der Waals surface area contributed by atoms with Gasteiger partial charge in [0.15, 0.2) is 0 Å². The molecule has 7 nitrogen and oxygen atoms in total. The van der Waals surface area contributed by atoms with E-state index >= 15 is 0 Å². The number of piperazine rings is 1. The van der Waals surface area contributed by atoms with Gasteiger partial charge in [-0.25, -0.2) is 0 Å². The molecule has 2 heterocycles. The van der Waals surface area contributed by atoms with E-state index in [1.165, 1.54) is 25.4 Å². The molecule has 0 spiro atoms. The van der Waals surface area contributed by atoms with E-state index in [1.807, 2.05) is 9.80 Å². The summed E-state index contributed by atoms with van der Waals surface area (Å²) in [6.07, 6.45) is 1.48. The molecule has 0 bridgehead atoms. The molecule has 0 unspecified atom stereocenters. The van der Waals surface area contributed by atoms with Crippen LogP contribution < -0.4 is 9.64 Å². The highest BCUT2D eigenvalue weighted by atomic mass is 19.3. The third kappa shape index (κ3) is 4.23. The second kappa shape index (κ2) is 8.14. The molecule has 3 rings (SSSR count). The van der Waals surface area contributed by atoms with Crippen LogP contribution in [0, 0.1) is 11.3 Å². The Morgan fingerprint density at radius 3 is 2.70 bits per heavy atom. The molecule has 0 amide bonds. The molecule has 1 aliphatic heterocycles. The van der Waals surface area contributed by atoms with Crippen LogP contribution in [0.5, 0.6) is 5.75 Å². The van der Waals surface area contributed by atoms with Crippen molar-refractivity contribution in [3.05, 3.63) is 30.0 Å². The molecular formula is C18H18F2N4O3. The monoisotopic (exact) mass is 376 g/mol. The van der Waals surface area contributed by atoms with Gasteiger partial charge in [0.25, 0.3) is 0 Å². The minimum atomic E-state index is -2.93. The SMILES string of the molecule is COC(=O)CN1CCN(c2c(C#N)cnc3ccc(OC(F)F)cc23)CC1. The van der Waals surface area contributed by atoms with Crippen LogP contribution in [0.1, 0.15) is 5.56 Å². The first kappa shape index (κ1) is 18.8. The van der Waals surface area contributed by atoms with Crippen molar-refractivity contribution in [2.75, 3.05) is 44.7 Å². The van der Waals surface area contributed by atoms with Crippen LogP contribution in [-0.2, 0) is 9.53 Å². The number of methoxy groups -OCH3 is 1. The van der Waals surface area contributed by atoms with Crippen molar-refractivity contribution in [2.45, 2.75) is 6.61 Å². The highest BCUT2D eigenvalue weighted by molar-refractivity contribution is 5.95. The van der Waals surface area contributed by atoms with Crippen LogP contribution in [0.3, 0.4) is 0 Å². The van der Waals surface area contributed by atoms with Crippen LogP contribution >= 0.6 is 0 Å². The number of esters is 1. The molecule has 1 saturated heterocycles. The van der Waals surface area contributed by atoms with Gasteiger partial charge in [0.05, 0.1) is 30.4 Å². The number of anilines is 1. The fraction of sp³-hybridized carbons (Fsp3) is 0.389. The van der Waals surface area contributed by atoms with Crippen molar-refractivity contribution in [3.8, 4) is 11.8 Å². The molecule has 0 aliphatic carbocycles. The lowest BCUT2D eigenvalue weighted by atomic mass is 10.1. The maximum absolute atomic E-state index is 12.6. The van der Waals surface area contributed by atoms with Gasteiger partial charge in [-0.3, -0.25) is 14.7 Å². The molecule has 1 aliphatic rings. The molecule has 9 heteroatoms. The van der Waals surface area contributed by atoms with E-state index in [2.05, 4.69) is 20.5 Å². The minimum absolute atomic E-state index is 0.0139. The van der Waals surface area contributed by atoms with Crippen molar-refractivity contribution in [2.24, 2.45) is 0 Å². The number of ether oxygens (including phenoxy) is 2. The quantitative estimate of drug-likeness (QED) is 0.739. The van der Waals surface area contributed by atoms with E-state index in [4.69, 9.17) is 0 Å². The summed E-state index contributed by atoms with van der Waals surface area (Å²) in [6, 6.07) is 6.61. The molecule has 0 saturated carbocycles. The number of benzene rings is 1. The molecule has 0 radical (unpaired) electrons. The Balaban J connectivity index is 1.90. The largest absolute Gasteiger partial charge is 0.468 e. The molecule has 142 valence electrons. The standard InChI is InChI=1S/C18H18F2N4O3/c1-26-16(25)11-23-4-6-24(7-5-23)17-12(9-21)10-22-15-3-2-13(8-14(15)17)27-18(19)20/h2-3,8,10,18H,4-7,11H2,1H3. The average Bonchev–Trinajstić information content (AvgIpc) is 2.67. The summed E-state index contributed by atoms with van der Waals surface area (Å²) in [4.78, 5) is 19.6. The van der Waals surface area contributed by atoms with Crippen LogP contribution in [0.4, 0.5) is 14.5 Å². The van der Waals surface area contributed by atoms with Crippen molar-refractivity contribution in [3.63, 3.8) is 0 Å². The average molecular weight is 376 g/mol. The van der Waals surface area contributed by atoms with Gasteiger partial charge in [-0.1, -0.05) is 0 Å². The lowest BCUT2D eigenvalue weighted by molar-refractivity contribution is -0.142. The number of hydrogen-bond acceptors (Lipinski definition) is 7. The number of halogens is 2. The first-order valence-corrected chi connectivity index (χ1v) is 8.33. The molecular weight excluding hydrogens is 358 g/mol. The predicted octanol–water partition coefficient (Wildman–Crippen LogP) is 2.00. The van der Waals surface area contributed by atoms with Crippen LogP contribution in [0.25, 0.3) is 10.9 Å². The highest BCUT2D eigenvalue weighted by Gasteiger charge is 2.23. The Morgan fingerprint density at radius 2 is 2.07 bits per heavy atom. The van der Waals surface area contributed by atoms with Crippen molar-refractivity contribution >= 4 is 22.6 Å². The minimum Gasteiger partial charge on any atom is -0.468 e. The Bertz CT molecular complexity index is 877. The molecule has 1 aromatic carbocycles. The number of carbonyl (C=O) groups is 1. The maximum atomic E-state index is 12.6. The number of rotatable bonds is 5. The van der Waals surface area contributed by atoms with Crippen LogP contribution in [-0.4, -0.2) is 62.3 Å². The fourth-order valence-electron chi connectivity index (χ4n) is 3.13. The van der Waals surface area contributed by atoms with E-state index in [9.17, 15) is 18.8 Å². The zero-order chi connectivity index (χ0) is 19.4. The van der Waals surface area contributed by atoms with Crippen molar-refractivity contribution < 1.29 is 23.0 Å². The topological polar surface area (TPSA) is 78.7 Å². The third-order valence-corrected chi connectivity index (χ3v) is 4.43. The Kier molecular flexibility index (Phi) is 5.66. The van der Waals surface area contributed by atoms with Crippen molar-refractivity contribution in [1.82, 2.24) is 9.88 Å². The Labute approximate surface area is 154 Å². The normalized spacial score (nSPS) is 15.0. The Hall–Kier alpha value is -2.99. The third-order valence-electron chi connectivity index (χ3n) is 4.43. The first-order chi connectivity index (χ1) is 13.0. The zero-order valence-corrected chi connectivity index (χ0v) is 14.7. The smallest absolute Gasteiger partial charge is 0.387 e. The van der Waals surface area contributed by atoms with Gasteiger partial charge in [-0.15, -0.1) is 0 Å². The maximum Gasteiger partial charge on any atom is 0.387 e. The summed E-state index contributed by atoms with van der Waals surface area (Å²) in [6.45, 7) is -0.359. The number of fused-ring (bicyclic) bond motifs is 1. The predicted molar refractivity (Wildman–Crippen MR) is 93.8 cm³/mol. The Morgan fingerprint density at radius 1 is 1.33 bits per heavy atom. The van der Waals surface area contributed by atoms with E-state index in [0.29, 0.717) is 48.3 Å². The van der Waals surface area contributed by atoms with Crippen LogP contribution in [0.15, 0.2) is 24.4 Å². The number of carbonyl (C=O) groups excluding carboxylic acids is 1. The lowest BCUT2D eigenvalue weighted by Gasteiger charge is -2.36. The van der Waals surface area contributed by atoms with E-state index in [0.717, 1.165) is 0 Å². The summed E-state index contributed by atoms with van der Waals surface area (Å²) in [5, 5.41) is 10.1. The summed E-state index contributed by atoms with van der Waals surface area (Å²) < 4.78 is 34.3. The zero-order valence-electron chi connectivity index (χ0n) is 14.7. The summed E-state index contributed by atoms with van der Waals surface area (Å²) in [5.74, 6) is -0.288. The van der Waals surface area contributed by atoms with Gasteiger partial charge in [-0.05, 0) is 18.2 Å². The molecule has 0 atom stereocenters. The number of aromatic nitrogens is 1. The van der Waals surface area contributed by atoms with E-state index in [-0.39, 0.29) is 18.3 Å². The van der Waals surface area contributed by atoms with Gasteiger partial charge in [0, 0.05) is 37.8 Å². The summed E-state index contributed by atoms with van der Waals surface area (Å²) in [5.41, 5.74) is 1.58. The number of nitrogens with zero attached hydrogens (tertiary/aromatic N) is 4. The molecule has 27 heavy (non-hydrogen) atoms. The molecule has 0 N–H and O–H groups in total. The number of nitriles is 1. The van der Waals surface area contributed by atoms with Gasteiger partial charge < -0.3 is 14.4 Å². The van der Waals surface area contributed by atoms with E-state index < -0.39 is 6.61 Å². The van der Waals surface area contributed by atoms with Gasteiger partial charge in [0.1, 0.15) is 11.8 Å². The lowest BCUT2D eigenvalue weighted by Crippen LogP contribution is -2.48. The number of hydrogen-bond donors (Lipinski definition) is 0. The number of pyridine rings is 1. The summed E-state index contributed by atoms with van der Waals surface area (Å²) in [7, 11) is 1.35. The first-order valence-electron chi connectivity index (χ1n) is 8.33. The molecule has 2 aromatic rings. The van der Waals surface area contributed by atoms with Crippen molar-refractivity contribution in [1.29, 1.82) is 5.26 Å².